The molecule has 3 heteroatoms. The SMILES string of the molecule is CCc1ccc2c(c1)CCC(NCC(=O)O)CC2. The van der Waals surface area contributed by atoms with Crippen molar-refractivity contribution in [3.05, 3.63) is 34.9 Å². The Bertz CT molecular complexity index is 429. The van der Waals surface area contributed by atoms with Gasteiger partial charge in [-0.3, -0.25) is 4.79 Å². The van der Waals surface area contributed by atoms with Gasteiger partial charge in [0.2, 0.25) is 0 Å². The molecule has 1 aromatic carbocycles. The lowest BCUT2D eigenvalue weighted by Crippen LogP contribution is -2.33. The summed E-state index contributed by atoms with van der Waals surface area (Å²) in [6, 6.07) is 7.10. The second kappa shape index (κ2) is 6.01. The molecular formula is C15H21NO2. The van der Waals surface area contributed by atoms with Gasteiger partial charge in [-0.25, -0.2) is 0 Å². The fourth-order valence-electron chi connectivity index (χ4n) is 2.62. The number of carboxylic acid groups (broad SMARTS) is 1. The van der Waals surface area contributed by atoms with Crippen LogP contribution in [0.15, 0.2) is 18.2 Å². The number of carbonyl (C=O) groups is 1. The molecule has 3 nitrogen and oxygen atoms in total. The van der Waals surface area contributed by atoms with Gasteiger partial charge in [-0.15, -0.1) is 0 Å². The fourth-order valence-corrected chi connectivity index (χ4v) is 2.62. The van der Waals surface area contributed by atoms with Crippen molar-refractivity contribution in [3.8, 4) is 0 Å². The van der Waals surface area contributed by atoms with Crippen molar-refractivity contribution in [1.82, 2.24) is 5.32 Å². The maximum absolute atomic E-state index is 10.6. The van der Waals surface area contributed by atoms with Gasteiger partial charge in [-0.05, 0) is 48.8 Å². The van der Waals surface area contributed by atoms with Crippen LogP contribution in [0.4, 0.5) is 0 Å². The number of hydrogen-bond acceptors (Lipinski definition) is 2. The first-order valence-electron chi connectivity index (χ1n) is 6.75. The molecule has 0 amide bonds. The standard InChI is InChI=1S/C15H21NO2/c1-2-11-3-4-12-5-7-14(16-10-15(17)18)8-6-13(12)9-11/h3-4,9,14,16H,2,5-8,10H2,1H3,(H,17,18). The number of benzene rings is 1. The highest BCUT2D eigenvalue weighted by molar-refractivity contribution is 5.69. The number of aliphatic carboxylic acids is 1. The molecule has 0 aliphatic heterocycles. The van der Waals surface area contributed by atoms with Crippen LogP contribution < -0.4 is 5.32 Å². The van der Waals surface area contributed by atoms with Gasteiger partial charge in [0.15, 0.2) is 0 Å². The van der Waals surface area contributed by atoms with Crippen molar-refractivity contribution in [2.24, 2.45) is 0 Å². The van der Waals surface area contributed by atoms with Crippen LogP contribution in [0.1, 0.15) is 36.5 Å². The largest absolute Gasteiger partial charge is 0.480 e. The van der Waals surface area contributed by atoms with Gasteiger partial charge in [0.1, 0.15) is 0 Å². The number of aryl methyl sites for hydroxylation is 3. The second-order valence-electron chi connectivity index (χ2n) is 5.01. The fraction of sp³-hybridized carbons (Fsp3) is 0.533. The average molecular weight is 247 g/mol. The van der Waals surface area contributed by atoms with E-state index in [9.17, 15) is 4.79 Å². The Labute approximate surface area is 108 Å². The van der Waals surface area contributed by atoms with E-state index < -0.39 is 5.97 Å². The van der Waals surface area contributed by atoms with Crippen molar-refractivity contribution in [2.75, 3.05) is 6.54 Å². The zero-order valence-corrected chi connectivity index (χ0v) is 10.9. The van der Waals surface area contributed by atoms with Gasteiger partial charge >= 0.3 is 5.97 Å². The maximum atomic E-state index is 10.6. The minimum Gasteiger partial charge on any atom is -0.480 e. The summed E-state index contributed by atoms with van der Waals surface area (Å²) in [7, 11) is 0. The third kappa shape index (κ3) is 3.33. The molecule has 2 N–H and O–H groups in total. The van der Waals surface area contributed by atoms with E-state index in [0.717, 1.165) is 32.1 Å². The Balaban J connectivity index is 2.00. The minimum absolute atomic E-state index is 0.0707. The summed E-state index contributed by atoms with van der Waals surface area (Å²) in [5.74, 6) is -0.773. The lowest BCUT2D eigenvalue weighted by molar-refractivity contribution is -0.136. The van der Waals surface area contributed by atoms with Crippen molar-refractivity contribution < 1.29 is 9.90 Å². The van der Waals surface area contributed by atoms with Crippen molar-refractivity contribution in [3.63, 3.8) is 0 Å². The number of rotatable bonds is 4. The molecule has 0 saturated heterocycles. The molecule has 1 aromatic rings. The molecule has 0 bridgehead atoms. The monoisotopic (exact) mass is 247 g/mol. The predicted octanol–water partition coefficient (Wildman–Crippen LogP) is 2.17. The van der Waals surface area contributed by atoms with E-state index in [1.807, 2.05) is 0 Å². The van der Waals surface area contributed by atoms with Gasteiger partial charge in [-0.2, -0.15) is 0 Å². The number of nitrogens with one attached hydrogen (secondary N) is 1. The van der Waals surface area contributed by atoms with E-state index in [2.05, 4.69) is 30.4 Å². The first-order chi connectivity index (χ1) is 8.69. The van der Waals surface area contributed by atoms with Crippen LogP contribution in [0.5, 0.6) is 0 Å². The summed E-state index contributed by atoms with van der Waals surface area (Å²) >= 11 is 0. The highest BCUT2D eigenvalue weighted by Crippen LogP contribution is 2.22. The van der Waals surface area contributed by atoms with Crippen LogP contribution in [-0.4, -0.2) is 23.7 Å². The van der Waals surface area contributed by atoms with E-state index in [-0.39, 0.29) is 6.54 Å². The Morgan fingerprint density at radius 3 is 2.72 bits per heavy atom. The molecule has 1 aliphatic rings. The maximum Gasteiger partial charge on any atom is 0.317 e. The quantitative estimate of drug-likeness (QED) is 0.802. The lowest BCUT2D eigenvalue weighted by atomic mass is 9.99. The third-order valence-corrected chi connectivity index (χ3v) is 3.75. The van der Waals surface area contributed by atoms with Crippen LogP contribution in [-0.2, 0) is 24.1 Å². The molecule has 2 rings (SSSR count). The van der Waals surface area contributed by atoms with E-state index in [0.29, 0.717) is 6.04 Å². The molecule has 0 fully saturated rings. The van der Waals surface area contributed by atoms with Crippen LogP contribution in [0.3, 0.4) is 0 Å². The molecule has 0 aromatic heterocycles. The molecule has 18 heavy (non-hydrogen) atoms. The smallest absolute Gasteiger partial charge is 0.317 e. The normalized spacial score (nSPS) is 19.1. The highest BCUT2D eigenvalue weighted by Gasteiger charge is 2.16. The second-order valence-corrected chi connectivity index (χ2v) is 5.01. The molecule has 0 spiro atoms. The summed E-state index contributed by atoms with van der Waals surface area (Å²) in [6.07, 6.45) is 5.25. The predicted molar refractivity (Wildman–Crippen MR) is 71.9 cm³/mol. The summed E-state index contributed by atoms with van der Waals surface area (Å²) in [6.45, 7) is 2.25. The van der Waals surface area contributed by atoms with Gasteiger partial charge in [-0.1, -0.05) is 25.1 Å². The molecule has 0 radical (unpaired) electrons. The zero-order chi connectivity index (χ0) is 13.0. The van der Waals surface area contributed by atoms with Gasteiger partial charge in [0.05, 0.1) is 6.54 Å². The number of hydrogen-bond donors (Lipinski definition) is 2. The molecule has 1 atom stereocenters. The summed E-state index contributed by atoms with van der Waals surface area (Å²) in [5, 5.41) is 11.8. The van der Waals surface area contributed by atoms with Crippen LogP contribution in [0.25, 0.3) is 0 Å². The Kier molecular flexibility index (Phi) is 4.37. The van der Waals surface area contributed by atoms with Gasteiger partial charge in [0.25, 0.3) is 0 Å². The zero-order valence-electron chi connectivity index (χ0n) is 10.9. The van der Waals surface area contributed by atoms with Crippen molar-refractivity contribution in [2.45, 2.75) is 45.1 Å². The van der Waals surface area contributed by atoms with E-state index in [4.69, 9.17) is 5.11 Å². The summed E-state index contributed by atoms with van der Waals surface area (Å²) < 4.78 is 0. The molecule has 98 valence electrons. The third-order valence-electron chi connectivity index (χ3n) is 3.75. The van der Waals surface area contributed by atoms with Crippen LogP contribution in [0.2, 0.25) is 0 Å². The van der Waals surface area contributed by atoms with Crippen molar-refractivity contribution in [1.29, 1.82) is 0 Å². The van der Waals surface area contributed by atoms with Crippen molar-refractivity contribution >= 4 is 5.97 Å². The number of fused-ring (bicyclic) bond motifs is 1. The van der Waals surface area contributed by atoms with Gasteiger partial charge in [0, 0.05) is 6.04 Å². The number of carboxylic acids is 1. The molecular weight excluding hydrogens is 226 g/mol. The molecule has 0 heterocycles. The van der Waals surface area contributed by atoms with E-state index in [1.54, 1.807) is 0 Å². The summed E-state index contributed by atoms with van der Waals surface area (Å²) in [4.78, 5) is 10.6. The first-order valence-corrected chi connectivity index (χ1v) is 6.75. The Hall–Kier alpha value is -1.35. The Morgan fingerprint density at radius 2 is 2.06 bits per heavy atom. The topological polar surface area (TPSA) is 49.3 Å². The highest BCUT2D eigenvalue weighted by atomic mass is 16.4. The Morgan fingerprint density at radius 1 is 1.33 bits per heavy atom. The molecule has 1 aliphatic carbocycles. The van der Waals surface area contributed by atoms with E-state index >= 15 is 0 Å². The molecule has 0 saturated carbocycles. The average Bonchev–Trinajstić information content (AvgIpc) is 2.57. The molecule has 1 unspecified atom stereocenters. The summed E-state index contributed by atoms with van der Waals surface area (Å²) in [5.41, 5.74) is 4.28. The van der Waals surface area contributed by atoms with Gasteiger partial charge < -0.3 is 10.4 Å². The minimum atomic E-state index is -0.773. The first kappa shape index (κ1) is 13.1. The van der Waals surface area contributed by atoms with E-state index in [1.165, 1.54) is 16.7 Å². The van der Waals surface area contributed by atoms with Crippen LogP contribution >= 0.6 is 0 Å². The van der Waals surface area contributed by atoms with Crippen LogP contribution in [0, 0.1) is 0 Å². The lowest BCUT2D eigenvalue weighted by Gasteiger charge is -2.14.